The Balaban J connectivity index is 3.15. The highest BCUT2D eigenvalue weighted by molar-refractivity contribution is 5.87. The molecule has 100 valence electrons. The summed E-state index contributed by atoms with van der Waals surface area (Å²) in [5, 5.41) is 17.2. The lowest BCUT2D eigenvalue weighted by atomic mass is 10.1. The number of carboxylic acids is 1. The molecule has 0 radical (unpaired) electrons. The van der Waals surface area contributed by atoms with Crippen LogP contribution in [0.25, 0.3) is 6.08 Å². The van der Waals surface area contributed by atoms with Crippen molar-refractivity contribution in [3.63, 3.8) is 0 Å². The molecule has 0 saturated heterocycles. The van der Waals surface area contributed by atoms with Crippen LogP contribution in [-0.4, -0.2) is 24.2 Å². The first kappa shape index (κ1) is 14.7. The molecule has 0 aromatic heterocycles. The van der Waals surface area contributed by atoms with Gasteiger partial charge in [-0.2, -0.15) is 5.26 Å². The van der Waals surface area contributed by atoms with Gasteiger partial charge in [0.2, 0.25) is 0 Å². The molecule has 0 bridgehead atoms. The molecule has 1 aromatic rings. The Morgan fingerprint density at radius 2 is 2.32 bits per heavy atom. The molecule has 0 heterocycles. The van der Waals surface area contributed by atoms with E-state index < -0.39 is 11.8 Å². The number of rotatable bonds is 6. The SMILES string of the molecule is CCN(CCC#N)c1cccc(F)c1/C=C/C(=O)O. The summed E-state index contributed by atoms with van der Waals surface area (Å²) in [6, 6.07) is 6.60. The third-order valence-electron chi connectivity index (χ3n) is 2.64. The minimum Gasteiger partial charge on any atom is -0.478 e. The highest BCUT2D eigenvalue weighted by Gasteiger charge is 2.11. The molecule has 0 unspecified atom stereocenters. The molecule has 0 aliphatic carbocycles. The first-order valence-corrected chi connectivity index (χ1v) is 5.91. The third kappa shape index (κ3) is 4.11. The van der Waals surface area contributed by atoms with E-state index in [9.17, 15) is 9.18 Å². The zero-order chi connectivity index (χ0) is 14.3. The van der Waals surface area contributed by atoms with Crippen LogP contribution in [0.15, 0.2) is 24.3 Å². The van der Waals surface area contributed by atoms with Gasteiger partial charge in [-0.25, -0.2) is 9.18 Å². The zero-order valence-electron chi connectivity index (χ0n) is 10.6. The second kappa shape index (κ2) is 7.17. The van der Waals surface area contributed by atoms with E-state index >= 15 is 0 Å². The molecule has 5 heteroatoms. The summed E-state index contributed by atoms with van der Waals surface area (Å²) in [6.07, 6.45) is 2.47. The van der Waals surface area contributed by atoms with E-state index in [2.05, 4.69) is 0 Å². The first-order valence-electron chi connectivity index (χ1n) is 5.91. The van der Waals surface area contributed by atoms with Crippen molar-refractivity contribution >= 4 is 17.7 Å². The van der Waals surface area contributed by atoms with Gasteiger partial charge >= 0.3 is 5.97 Å². The Hall–Kier alpha value is -2.35. The normalized spacial score (nSPS) is 10.4. The van der Waals surface area contributed by atoms with E-state index in [1.165, 1.54) is 12.1 Å². The van der Waals surface area contributed by atoms with E-state index in [1.54, 1.807) is 12.1 Å². The summed E-state index contributed by atoms with van der Waals surface area (Å²) in [4.78, 5) is 12.4. The average molecular weight is 262 g/mol. The minimum absolute atomic E-state index is 0.227. The molecule has 0 amide bonds. The van der Waals surface area contributed by atoms with Gasteiger partial charge in [-0.1, -0.05) is 6.07 Å². The van der Waals surface area contributed by atoms with Gasteiger partial charge in [0.15, 0.2) is 0 Å². The maximum atomic E-state index is 13.8. The summed E-state index contributed by atoms with van der Waals surface area (Å²) in [7, 11) is 0. The largest absolute Gasteiger partial charge is 0.478 e. The molecule has 1 rings (SSSR count). The Kier molecular flexibility index (Phi) is 5.55. The molecule has 0 fully saturated rings. The van der Waals surface area contributed by atoms with Crippen LogP contribution in [0.3, 0.4) is 0 Å². The van der Waals surface area contributed by atoms with Gasteiger partial charge in [-0.05, 0) is 25.1 Å². The molecule has 0 aliphatic heterocycles. The van der Waals surface area contributed by atoms with Crippen molar-refractivity contribution < 1.29 is 14.3 Å². The molecule has 1 aromatic carbocycles. The number of benzene rings is 1. The molecule has 19 heavy (non-hydrogen) atoms. The maximum Gasteiger partial charge on any atom is 0.328 e. The Labute approximate surface area is 111 Å². The number of aliphatic carboxylic acids is 1. The molecule has 1 N–H and O–H groups in total. The van der Waals surface area contributed by atoms with Crippen molar-refractivity contribution in [2.24, 2.45) is 0 Å². The molecular weight excluding hydrogens is 247 g/mol. The van der Waals surface area contributed by atoms with Crippen molar-refractivity contribution in [2.75, 3.05) is 18.0 Å². The van der Waals surface area contributed by atoms with E-state index in [0.717, 1.165) is 6.08 Å². The van der Waals surface area contributed by atoms with Gasteiger partial charge in [-0.15, -0.1) is 0 Å². The summed E-state index contributed by atoms with van der Waals surface area (Å²) in [6.45, 7) is 2.98. The van der Waals surface area contributed by atoms with Crippen molar-refractivity contribution in [3.8, 4) is 6.07 Å². The summed E-state index contributed by atoms with van der Waals surface area (Å²) < 4.78 is 13.8. The second-order valence-corrected chi connectivity index (χ2v) is 3.83. The van der Waals surface area contributed by atoms with Crippen molar-refractivity contribution in [1.29, 1.82) is 5.26 Å². The smallest absolute Gasteiger partial charge is 0.328 e. The van der Waals surface area contributed by atoms with Crippen LogP contribution in [0.1, 0.15) is 18.9 Å². The molecule has 0 atom stereocenters. The number of carbonyl (C=O) groups is 1. The zero-order valence-corrected chi connectivity index (χ0v) is 10.6. The second-order valence-electron chi connectivity index (χ2n) is 3.83. The number of anilines is 1. The van der Waals surface area contributed by atoms with Gasteiger partial charge in [0.05, 0.1) is 12.5 Å². The predicted octanol–water partition coefficient (Wildman–Crippen LogP) is 2.66. The number of halogens is 1. The van der Waals surface area contributed by atoms with Crippen LogP contribution in [0, 0.1) is 17.1 Å². The topological polar surface area (TPSA) is 64.3 Å². The van der Waals surface area contributed by atoms with Crippen LogP contribution in [0.5, 0.6) is 0 Å². The highest BCUT2D eigenvalue weighted by Crippen LogP contribution is 2.24. The fourth-order valence-electron chi connectivity index (χ4n) is 1.75. The molecule has 0 spiro atoms. The Morgan fingerprint density at radius 1 is 1.58 bits per heavy atom. The first-order chi connectivity index (χ1) is 9.10. The third-order valence-corrected chi connectivity index (χ3v) is 2.64. The highest BCUT2D eigenvalue weighted by atomic mass is 19.1. The molecule has 4 nitrogen and oxygen atoms in total. The predicted molar refractivity (Wildman–Crippen MR) is 71.2 cm³/mol. The standard InChI is InChI=1S/C14H15FN2O2/c1-2-17(10-4-9-16)13-6-3-5-12(15)11(13)7-8-14(18)19/h3,5-8H,2,4,10H2,1H3,(H,18,19)/b8-7+. The van der Waals surface area contributed by atoms with Crippen LogP contribution in [-0.2, 0) is 4.79 Å². The van der Waals surface area contributed by atoms with Crippen LogP contribution in [0.4, 0.5) is 10.1 Å². The molecular formula is C14H15FN2O2. The van der Waals surface area contributed by atoms with E-state index in [0.29, 0.717) is 25.2 Å². The molecule has 0 saturated carbocycles. The lowest BCUT2D eigenvalue weighted by Gasteiger charge is -2.24. The summed E-state index contributed by atoms with van der Waals surface area (Å²) in [5.41, 5.74) is 0.819. The number of nitriles is 1. The summed E-state index contributed by atoms with van der Waals surface area (Å²) in [5.74, 6) is -1.61. The van der Waals surface area contributed by atoms with Gasteiger partial charge in [0, 0.05) is 30.4 Å². The molecule has 0 aliphatic rings. The minimum atomic E-state index is -1.13. The van der Waals surface area contributed by atoms with Gasteiger partial charge in [-0.3, -0.25) is 0 Å². The number of nitrogens with zero attached hydrogens (tertiary/aromatic N) is 2. The van der Waals surface area contributed by atoms with Crippen LogP contribution in [0.2, 0.25) is 0 Å². The van der Waals surface area contributed by atoms with E-state index in [-0.39, 0.29) is 5.56 Å². The number of hydrogen-bond acceptors (Lipinski definition) is 3. The monoisotopic (exact) mass is 262 g/mol. The Morgan fingerprint density at radius 3 is 2.89 bits per heavy atom. The lowest BCUT2D eigenvalue weighted by Crippen LogP contribution is -2.24. The number of hydrogen-bond donors (Lipinski definition) is 1. The summed E-state index contributed by atoms with van der Waals surface area (Å²) >= 11 is 0. The quantitative estimate of drug-likeness (QED) is 0.800. The fourth-order valence-corrected chi connectivity index (χ4v) is 1.75. The van der Waals surface area contributed by atoms with Crippen LogP contribution < -0.4 is 4.90 Å². The van der Waals surface area contributed by atoms with Gasteiger partial charge in [0.25, 0.3) is 0 Å². The number of carboxylic acid groups (broad SMARTS) is 1. The lowest BCUT2D eigenvalue weighted by molar-refractivity contribution is -0.131. The maximum absolute atomic E-state index is 13.8. The fraction of sp³-hybridized carbons (Fsp3) is 0.286. The van der Waals surface area contributed by atoms with Crippen LogP contribution >= 0.6 is 0 Å². The van der Waals surface area contributed by atoms with E-state index in [4.69, 9.17) is 10.4 Å². The van der Waals surface area contributed by atoms with Gasteiger partial charge < -0.3 is 10.0 Å². The van der Waals surface area contributed by atoms with Crippen molar-refractivity contribution in [1.82, 2.24) is 0 Å². The average Bonchev–Trinajstić information content (AvgIpc) is 2.38. The van der Waals surface area contributed by atoms with Crippen molar-refractivity contribution in [2.45, 2.75) is 13.3 Å². The Bertz CT molecular complexity index is 521. The van der Waals surface area contributed by atoms with Crippen molar-refractivity contribution in [3.05, 3.63) is 35.7 Å². The van der Waals surface area contributed by atoms with E-state index in [1.807, 2.05) is 17.9 Å². The van der Waals surface area contributed by atoms with Gasteiger partial charge in [0.1, 0.15) is 5.82 Å².